The Balaban J connectivity index is 1.93. The minimum atomic E-state index is -0.465. The molecule has 0 bridgehead atoms. The Morgan fingerprint density at radius 1 is 1.39 bits per heavy atom. The summed E-state index contributed by atoms with van der Waals surface area (Å²) in [5.41, 5.74) is 0.543. The quantitative estimate of drug-likeness (QED) is 0.439. The molecule has 1 fully saturated rings. The van der Waals surface area contributed by atoms with Crippen molar-refractivity contribution in [1.29, 1.82) is 0 Å². The van der Waals surface area contributed by atoms with E-state index in [-0.39, 0.29) is 11.5 Å². The third-order valence-electron chi connectivity index (χ3n) is 3.08. The molecule has 0 saturated heterocycles. The lowest BCUT2D eigenvalue weighted by Crippen LogP contribution is -2.27. The van der Waals surface area contributed by atoms with Crippen LogP contribution < -0.4 is 0 Å². The zero-order valence-electron chi connectivity index (χ0n) is 10.3. The summed E-state index contributed by atoms with van der Waals surface area (Å²) in [6.07, 6.45) is 2.52. The number of benzene rings is 1. The predicted octanol–water partition coefficient (Wildman–Crippen LogP) is 2.12. The van der Waals surface area contributed by atoms with E-state index in [0.717, 1.165) is 12.5 Å². The predicted molar refractivity (Wildman–Crippen MR) is 67.6 cm³/mol. The molecule has 0 atom stereocenters. The zero-order chi connectivity index (χ0) is 13.1. The molecular weight excluding hydrogens is 232 g/mol. The van der Waals surface area contributed by atoms with Crippen molar-refractivity contribution in [2.75, 3.05) is 20.1 Å². The molecule has 0 amide bonds. The molecule has 0 radical (unpaired) electrons. The molecule has 96 valence electrons. The van der Waals surface area contributed by atoms with Crippen LogP contribution in [0.3, 0.4) is 0 Å². The fourth-order valence-electron chi connectivity index (χ4n) is 1.91. The number of likely N-dealkylation sites (N-methyl/N-ethyl adjacent to an activating group) is 1. The van der Waals surface area contributed by atoms with Gasteiger partial charge in [0.1, 0.15) is 0 Å². The largest absolute Gasteiger partial charge is 0.299 e. The van der Waals surface area contributed by atoms with Crippen molar-refractivity contribution in [3.05, 3.63) is 39.9 Å². The molecule has 0 spiro atoms. The number of Topliss-reactive ketones (excluding diaryl/α,β-unsaturated/α-hetero) is 1. The number of carbonyl (C=O) groups is 1. The standard InChI is InChI=1S/C13H16N2O3/c1-14(8-10-2-3-10)9-13(16)11-4-6-12(7-5-11)15(17)18/h4-7,10H,2-3,8-9H2,1H3. The fourth-order valence-corrected chi connectivity index (χ4v) is 1.91. The van der Waals surface area contributed by atoms with E-state index in [1.165, 1.54) is 37.1 Å². The molecule has 18 heavy (non-hydrogen) atoms. The van der Waals surface area contributed by atoms with Gasteiger partial charge < -0.3 is 0 Å². The van der Waals surface area contributed by atoms with E-state index in [1.54, 1.807) is 0 Å². The van der Waals surface area contributed by atoms with Crippen LogP contribution in [0, 0.1) is 16.0 Å². The van der Waals surface area contributed by atoms with Crippen molar-refractivity contribution < 1.29 is 9.72 Å². The summed E-state index contributed by atoms with van der Waals surface area (Å²) in [6, 6.07) is 5.78. The summed E-state index contributed by atoms with van der Waals surface area (Å²) >= 11 is 0. The van der Waals surface area contributed by atoms with Crippen molar-refractivity contribution in [2.45, 2.75) is 12.8 Å². The minimum Gasteiger partial charge on any atom is -0.299 e. The van der Waals surface area contributed by atoms with Crippen LogP contribution in [0.4, 0.5) is 5.69 Å². The maximum Gasteiger partial charge on any atom is 0.269 e. The highest BCUT2D eigenvalue weighted by atomic mass is 16.6. The van der Waals surface area contributed by atoms with E-state index in [9.17, 15) is 14.9 Å². The zero-order valence-corrected chi connectivity index (χ0v) is 10.3. The lowest BCUT2D eigenvalue weighted by molar-refractivity contribution is -0.384. The number of nitro benzene ring substituents is 1. The monoisotopic (exact) mass is 248 g/mol. The van der Waals surface area contributed by atoms with E-state index < -0.39 is 4.92 Å². The third-order valence-corrected chi connectivity index (χ3v) is 3.08. The topological polar surface area (TPSA) is 63.5 Å². The maximum atomic E-state index is 11.9. The van der Waals surface area contributed by atoms with E-state index >= 15 is 0 Å². The second-order valence-corrected chi connectivity index (χ2v) is 4.87. The van der Waals surface area contributed by atoms with Crippen molar-refractivity contribution in [2.24, 2.45) is 5.92 Å². The van der Waals surface area contributed by atoms with Crippen molar-refractivity contribution in [3.8, 4) is 0 Å². The van der Waals surface area contributed by atoms with Crippen molar-refractivity contribution in [1.82, 2.24) is 4.90 Å². The molecule has 0 N–H and O–H groups in total. The van der Waals surface area contributed by atoms with Gasteiger partial charge in [0.15, 0.2) is 5.78 Å². The number of rotatable bonds is 6. The highest BCUT2D eigenvalue weighted by molar-refractivity contribution is 5.97. The molecule has 0 aromatic heterocycles. The first-order valence-corrected chi connectivity index (χ1v) is 6.02. The van der Waals surface area contributed by atoms with Crippen LogP contribution in [0.2, 0.25) is 0 Å². The highest BCUT2D eigenvalue weighted by Crippen LogP contribution is 2.29. The van der Waals surface area contributed by atoms with Crippen molar-refractivity contribution >= 4 is 11.5 Å². The summed E-state index contributed by atoms with van der Waals surface area (Å²) in [5, 5.41) is 10.5. The van der Waals surface area contributed by atoms with Crippen LogP contribution in [0.1, 0.15) is 23.2 Å². The van der Waals surface area contributed by atoms with Gasteiger partial charge in [-0.1, -0.05) is 0 Å². The molecule has 2 rings (SSSR count). The molecule has 0 aliphatic heterocycles. The number of ketones is 1. The molecule has 1 aromatic carbocycles. The Morgan fingerprint density at radius 3 is 2.50 bits per heavy atom. The van der Waals surface area contributed by atoms with Gasteiger partial charge in [-0.15, -0.1) is 0 Å². The van der Waals surface area contributed by atoms with Gasteiger partial charge in [-0.05, 0) is 37.9 Å². The van der Waals surface area contributed by atoms with E-state index in [2.05, 4.69) is 0 Å². The summed E-state index contributed by atoms with van der Waals surface area (Å²) in [5.74, 6) is 0.757. The molecule has 0 heterocycles. The smallest absolute Gasteiger partial charge is 0.269 e. The molecule has 1 aromatic rings. The van der Waals surface area contributed by atoms with E-state index in [1.807, 2.05) is 11.9 Å². The number of carbonyl (C=O) groups excluding carboxylic acids is 1. The lowest BCUT2D eigenvalue weighted by Gasteiger charge is -2.14. The first-order valence-electron chi connectivity index (χ1n) is 6.02. The van der Waals surface area contributed by atoms with Gasteiger partial charge in [-0.3, -0.25) is 19.8 Å². The number of non-ortho nitro benzene ring substituents is 1. The lowest BCUT2D eigenvalue weighted by atomic mass is 10.1. The van der Waals surface area contributed by atoms with E-state index in [4.69, 9.17) is 0 Å². The second-order valence-electron chi connectivity index (χ2n) is 4.87. The van der Waals surface area contributed by atoms with Crippen LogP contribution in [0.15, 0.2) is 24.3 Å². The first kappa shape index (κ1) is 12.7. The molecule has 1 saturated carbocycles. The van der Waals surface area contributed by atoms with Gasteiger partial charge in [0, 0.05) is 24.2 Å². The van der Waals surface area contributed by atoms with Crippen LogP contribution in [0.5, 0.6) is 0 Å². The minimum absolute atomic E-state index is 0.00745. The summed E-state index contributed by atoms with van der Waals surface area (Å²) < 4.78 is 0. The average Bonchev–Trinajstić information content (AvgIpc) is 3.12. The SMILES string of the molecule is CN(CC(=O)c1ccc([N+](=O)[O-])cc1)CC1CC1. The Morgan fingerprint density at radius 2 is 2.00 bits per heavy atom. The normalized spacial score (nSPS) is 14.8. The summed E-state index contributed by atoms with van der Waals surface area (Å²) in [4.78, 5) is 24.0. The Kier molecular flexibility index (Phi) is 3.72. The maximum absolute atomic E-state index is 11.9. The Hall–Kier alpha value is -1.75. The van der Waals surface area contributed by atoms with Crippen LogP contribution in [-0.4, -0.2) is 35.7 Å². The third kappa shape index (κ3) is 3.37. The van der Waals surface area contributed by atoms with E-state index in [0.29, 0.717) is 12.1 Å². The van der Waals surface area contributed by atoms with Gasteiger partial charge >= 0.3 is 0 Å². The van der Waals surface area contributed by atoms with Gasteiger partial charge in [0.25, 0.3) is 5.69 Å². The van der Waals surface area contributed by atoms with Gasteiger partial charge in [0.2, 0.25) is 0 Å². The summed E-state index contributed by atoms with van der Waals surface area (Å²) in [7, 11) is 1.93. The van der Waals surface area contributed by atoms with Gasteiger partial charge in [-0.25, -0.2) is 0 Å². The summed E-state index contributed by atoms with van der Waals surface area (Å²) in [6.45, 7) is 1.33. The molecule has 1 aliphatic carbocycles. The number of hydrogen-bond acceptors (Lipinski definition) is 4. The highest BCUT2D eigenvalue weighted by Gasteiger charge is 2.23. The number of nitrogens with zero attached hydrogens (tertiary/aromatic N) is 2. The van der Waals surface area contributed by atoms with Gasteiger partial charge in [0.05, 0.1) is 11.5 Å². The molecule has 5 heteroatoms. The van der Waals surface area contributed by atoms with Crippen molar-refractivity contribution in [3.63, 3.8) is 0 Å². The number of hydrogen-bond donors (Lipinski definition) is 0. The molecule has 5 nitrogen and oxygen atoms in total. The molecular formula is C13H16N2O3. The first-order chi connectivity index (χ1) is 8.56. The number of nitro groups is 1. The second kappa shape index (κ2) is 5.27. The average molecular weight is 248 g/mol. The van der Waals surface area contributed by atoms with Crippen LogP contribution in [-0.2, 0) is 0 Å². The fraction of sp³-hybridized carbons (Fsp3) is 0.462. The van der Waals surface area contributed by atoms with Crippen LogP contribution in [0.25, 0.3) is 0 Å². The van der Waals surface area contributed by atoms with Gasteiger partial charge in [-0.2, -0.15) is 0 Å². The molecule has 1 aliphatic rings. The Bertz CT molecular complexity index is 452. The Labute approximate surface area is 106 Å². The van der Waals surface area contributed by atoms with Crippen LogP contribution >= 0.6 is 0 Å². The molecule has 0 unspecified atom stereocenters.